The van der Waals surface area contributed by atoms with Crippen LogP contribution in [0.3, 0.4) is 0 Å². The predicted octanol–water partition coefficient (Wildman–Crippen LogP) is 5.80. The highest BCUT2D eigenvalue weighted by molar-refractivity contribution is 14.1. The Labute approximate surface area is 251 Å². The number of carbonyl (C=O) groups is 2. The summed E-state index contributed by atoms with van der Waals surface area (Å²) in [6.45, 7) is 5.95. The number of fused-ring (bicyclic) bond motifs is 1. The molecule has 1 fully saturated rings. The van der Waals surface area contributed by atoms with Crippen molar-refractivity contribution >= 4 is 69.0 Å². The molecule has 0 spiro atoms. The van der Waals surface area contributed by atoms with Crippen LogP contribution in [0.4, 0.5) is 11.4 Å². The number of morpholine rings is 1. The summed E-state index contributed by atoms with van der Waals surface area (Å²) in [6, 6.07) is 16.6. The summed E-state index contributed by atoms with van der Waals surface area (Å²) in [7, 11) is 0. The van der Waals surface area contributed by atoms with Gasteiger partial charge in [-0.2, -0.15) is 0 Å². The van der Waals surface area contributed by atoms with Crippen molar-refractivity contribution in [2.75, 3.05) is 50.0 Å². The van der Waals surface area contributed by atoms with E-state index < -0.39 is 12.1 Å². The van der Waals surface area contributed by atoms with E-state index in [0.717, 1.165) is 16.7 Å². The number of amides is 2. The Hall–Kier alpha value is -2.37. The number of nitrogens with zero attached hydrogens (tertiary/aromatic N) is 3. The Balaban J connectivity index is 1.64. The lowest BCUT2D eigenvalue weighted by atomic mass is 9.97. The number of nitrogens with two attached hydrogens (primary N) is 1. The Kier molecular flexibility index (Phi) is 8.68. The molecule has 3 aromatic carbocycles. The molecule has 2 N–H and O–H groups in total. The minimum atomic E-state index is -0.894. The van der Waals surface area contributed by atoms with Gasteiger partial charge in [-0.15, -0.1) is 0 Å². The molecule has 2 heterocycles. The van der Waals surface area contributed by atoms with Gasteiger partial charge in [0, 0.05) is 45.5 Å². The first kappa shape index (κ1) is 28.2. The normalized spacial score (nSPS) is 19.1. The Morgan fingerprint density at radius 1 is 0.974 bits per heavy atom. The summed E-state index contributed by atoms with van der Waals surface area (Å²) in [5.74, 6) is -0.425. The second-order valence-corrected chi connectivity index (χ2v) is 11.8. The largest absolute Gasteiger partial charge is 0.398 e. The third-order valence-corrected chi connectivity index (χ3v) is 8.50. The lowest BCUT2D eigenvalue weighted by molar-refractivity contribution is -0.123. The van der Waals surface area contributed by atoms with Crippen LogP contribution < -0.4 is 10.6 Å². The fraction of sp³-hybridized carbons (Fsp3) is 0.310. The van der Waals surface area contributed by atoms with Gasteiger partial charge in [-0.1, -0.05) is 41.4 Å². The van der Waals surface area contributed by atoms with Gasteiger partial charge in [-0.25, -0.2) is 0 Å². The monoisotopic (exact) mass is 678 g/mol. The number of anilines is 2. The summed E-state index contributed by atoms with van der Waals surface area (Å²) in [5.41, 5.74) is 9.32. The van der Waals surface area contributed by atoms with E-state index in [2.05, 4.69) is 27.5 Å². The number of hydrogen-bond acceptors (Lipinski definition) is 5. The Morgan fingerprint density at radius 3 is 2.36 bits per heavy atom. The zero-order chi connectivity index (χ0) is 27.7. The second kappa shape index (κ2) is 12.0. The van der Waals surface area contributed by atoms with Crippen LogP contribution in [0.25, 0.3) is 0 Å². The van der Waals surface area contributed by atoms with E-state index in [1.54, 1.807) is 34.1 Å². The first-order chi connectivity index (χ1) is 18.7. The van der Waals surface area contributed by atoms with Crippen LogP contribution in [0.5, 0.6) is 0 Å². The molecule has 7 nitrogen and oxygen atoms in total. The molecule has 10 heteroatoms. The molecule has 5 rings (SSSR count). The fourth-order valence-electron chi connectivity index (χ4n) is 5.28. The first-order valence-corrected chi connectivity index (χ1v) is 14.6. The molecular weight excluding hydrogens is 650 g/mol. The number of benzene rings is 3. The number of nitrogen functional groups attached to an aromatic ring is 1. The van der Waals surface area contributed by atoms with Crippen molar-refractivity contribution in [3.63, 3.8) is 0 Å². The van der Waals surface area contributed by atoms with Gasteiger partial charge < -0.3 is 20.3 Å². The Bertz CT molecular complexity index is 1380. The van der Waals surface area contributed by atoms with Crippen LogP contribution in [0.15, 0.2) is 60.7 Å². The van der Waals surface area contributed by atoms with Crippen LogP contribution in [0.2, 0.25) is 10.0 Å². The van der Waals surface area contributed by atoms with E-state index in [1.165, 1.54) is 0 Å². The number of ether oxygens (including phenoxy) is 1. The molecule has 3 aromatic rings. The van der Waals surface area contributed by atoms with E-state index >= 15 is 0 Å². The molecular formula is C29H29Cl2IN4O3. The van der Waals surface area contributed by atoms with Crippen molar-refractivity contribution in [3.8, 4) is 0 Å². The van der Waals surface area contributed by atoms with Gasteiger partial charge in [0.05, 0.1) is 30.5 Å². The highest BCUT2D eigenvalue weighted by Crippen LogP contribution is 2.41. The molecule has 39 heavy (non-hydrogen) atoms. The average Bonchev–Trinajstić information content (AvgIpc) is 3.01. The zero-order valence-corrected chi connectivity index (χ0v) is 25.1. The maximum atomic E-state index is 14.6. The third-order valence-electron chi connectivity index (χ3n) is 7.34. The van der Waals surface area contributed by atoms with E-state index in [9.17, 15) is 9.59 Å². The second-order valence-electron chi connectivity index (χ2n) is 9.72. The van der Waals surface area contributed by atoms with Gasteiger partial charge in [-0.3, -0.25) is 14.5 Å². The zero-order valence-electron chi connectivity index (χ0n) is 21.4. The molecule has 0 aliphatic carbocycles. The molecule has 0 aromatic heterocycles. The lowest BCUT2D eigenvalue weighted by Crippen LogP contribution is -2.47. The minimum absolute atomic E-state index is 0.182. The molecule has 2 atom stereocenters. The van der Waals surface area contributed by atoms with Crippen molar-refractivity contribution in [3.05, 3.63) is 91.0 Å². The lowest BCUT2D eigenvalue weighted by Gasteiger charge is -2.36. The molecule has 0 unspecified atom stereocenters. The highest BCUT2D eigenvalue weighted by Gasteiger charge is 2.43. The predicted molar refractivity (Wildman–Crippen MR) is 163 cm³/mol. The van der Waals surface area contributed by atoms with E-state index in [4.69, 9.17) is 33.7 Å². The summed E-state index contributed by atoms with van der Waals surface area (Å²) in [6.07, 6.45) is 0. The van der Waals surface area contributed by atoms with Crippen LogP contribution in [0.1, 0.15) is 40.5 Å². The maximum Gasteiger partial charge on any atom is 0.257 e. The van der Waals surface area contributed by atoms with E-state index in [0.29, 0.717) is 64.4 Å². The van der Waals surface area contributed by atoms with E-state index in [1.807, 2.05) is 43.3 Å². The average molecular weight is 679 g/mol. The van der Waals surface area contributed by atoms with Crippen molar-refractivity contribution in [2.45, 2.75) is 19.0 Å². The van der Waals surface area contributed by atoms with Crippen LogP contribution in [-0.2, 0) is 9.53 Å². The van der Waals surface area contributed by atoms with Crippen molar-refractivity contribution in [2.24, 2.45) is 0 Å². The molecule has 2 amide bonds. The number of rotatable bonds is 6. The minimum Gasteiger partial charge on any atom is -0.398 e. The maximum absolute atomic E-state index is 14.6. The van der Waals surface area contributed by atoms with Crippen LogP contribution >= 0.6 is 45.8 Å². The molecule has 0 saturated carbocycles. The third kappa shape index (κ3) is 5.90. The van der Waals surface area contributed by atoms with Crippen molar-refractivity contribution < 1.29 is 14.3 Å². The quantitative estimate of drug-likeness (QED) is 0.263. The van der Waals surface area contributed by atoms with Gasteiger partial charge in [0.25, 0.3) is 11.8 Å². The Morgan fingerprint density at radius 2 is 1.67 bits per heavy atom. The molecule has 1 saturated heterocycles. The molecule has 204 valence electrons. The van der Waals surface area contributed by atoms with Crippen molar-refractivity contribution in [1.82, 2.24) is 9.80 Å². The summed E-state index contributed by atoms with van der Waals surface area (Å²) in [4.78, 5) is 34.7. The standard InChI is InChI=1S/C29H29Cl2IN4O3/c1-18(23-8-6-21(31)16-25(23)33)36-27(19-2-4-20(30)5-3-19)29(38)35(11-10-34-12-14-39-15-13-34)26-9-7-22(32)17-24(26)28(36)37/h2-9,16-18,27H,10-15,33H2,1H3/t18-,27+/m0/s1. The van der Waals surface area contributed by atoms with Gasteiger partial charge in [0.2, 0.25) is 0 Å². The highest BCUT2D eigenvalue weighted by atomic mass is 127. The molecule has 0 bridgehead atoms. The van der Waals surface area contributed by atoms with Gasteiger partial charge in [-0.05, 0) is 83.1 Å². The molecule has 0 radical (unpaired) electrons. The number of halogens is 3. The van der Waals surface area contributed by atoms with Gasteiger partial charge in [0.1, 0.15) is 6.04 Å². The first-order valence-electron chi connectivity index (χ1n) is 12.8. The fourth-order valence-corrected chi connectivity index (χ4v) is 6.07. The molecule has 2 aliphatic heterocycles. The van der Waals surface area contributed by atoms with Crippen LogP contribution in [-0.4, -0.2) is 61.0 Å². The topological polar surface area (TPSA) is 79.1 Å². The summed E-state index contributed by atoms with van der Waals surface area (Å²) in [5, 5.41) is 1.06. The van der Waals surface area contributed by atoms with E-state index in [-0.39, 0.29) is 11.8 Å². The van der Waals surface area contributed by atoms with Crippen molar-refractivity contribution in [1.29, 1.82) is 0 Å². The van der Waals surface area contributed by atoms with Gasteiger partial charge >= 0.3 is 0 Å². The number of hydrogen-bond donors (Lipinski definition) is 1. The summed E-state index contributed by atoms with van der Waals surface area (Å²) >= 11 is 14.6. The van der Waals surface area contributed by atoms with Gasteiger partial charge in [0.15, 0.2) is 0 Å². The number of carbonyl (C=O) groups excluding carboxylic acids is 2. The summed E-state index contributed by atoms with van der Waals surface area (Å²) < 4.78 is 6.40. The molecule has 2 aliphatic rings. The van der Waals surface area contributed by atoms with Crippen LogP contribution in [0, 0.1) is 3.57 Å². The smallest absolute Gasteiger partial charge is 0.257 e. The SMILES string of the molecule is C[C@@H](c1ccc(Cl)cc1N)N1C(=O)c2cc(I)ccc2N(CCN2CCOCC2)C(=O)[C@H]1c1ccc(Cl)cc1.